The highest BCUT2D eigenvalue weighted by atomic mass is 35.5. The number of hydrogen-bond acceptors (Lipinski definition) is 7. The summed E-state index contributed by atoms with van der Waals surface area (Å²) in [4.78, 5) is 48.7. The van der Waals surface area contributed by atoms with E-state index in [0.29, 0.717) is 32.3 Å². The van der Waals surface area contributed by atoms with Crippen LogP contribution in [0.25, 0.3) is 0 Å². The molecule has 0 spiro atoms. The van der Waals surface area contributed by atoms with Crippen LogP contribution in [-0.4, -0.2) is 58.5 Å². The van der Waals surface area contributed by atoms with Crippen molar-refractivity contribution >= 4 is 57.6 Å². The Morgan fingerprint density at radius 1 is 1.22 bits per heavy atom. The molecule has 0 aromatic carbocycles. The van der Waals surface area contributed by atoms with E-state index in [1.807, 2.05) is 27.7 Å². The molecule has 1 heterocycles. The Kier molecular flexibility index (Phi) is 11.0. The molecule has 1 aliphatic carbocycles. The standard InChI is InChI=1S/C26H35Cl3N4O4/c1-6-37-24(36)26(5)9-7-16(8-10-26)32-22(29)17(11-30)23(35)33(15-25(2,3)4)14-20(34)21-18(27)12-31-13-19(21)28/h11-13,16H,6-10,14-15,30H2,1-5H3. The fourth-order valence-corrected chi connectivity index (χ4v) is 5.07. The molecule has 1 aliphatic rings. The summed E-state index contributed by atoms with van der Waals surface area (Å²) in [6.45, 7) is 9.77. The molecule has 1 amide bonds. The van der Waals surface area contributed by atoms with Gasteiger partial charge in [-0.05, 0) is 44.9 Å². The highest BCUT2D eigenvalue weighted by Crippen LogP contribution is 2.38. The number of hydrogen-bond donors (Lipinski definition) is 1. The first-order valence-electron chi connectivity index (χ1n) is 12.2. The van der Waals surface area contributed by atoms with Crippen molar-refractivity contribution in [3.05, 3.63) is 39.8 Å². The van der Waals surface area contributed by atoms with E-state index >= 15 is 0 Å². The number of aromatic nitrogens is 1. The van der Waals surface area contributed by atoms with Gasteiger partial charge in [-0.3, -0.25) is 24.4 Å². The summed E-state index contributed by atoms with van der Waals surface area (Å²) >= 11 is 18.8. The zero-order chi connectivity index (χ0) is 28.0. The molecule has 0 aliphatic heterocycles. The second-order valence-corrected chi connectivity index (χ2v) is 11.8. The predicted octanol–water partition coefficient (Wildman–Crippen LogP) is 5.44. The van der Waals surface area contributed by atoms with Gasteiger partial charge in [0.1, 0.15) is 5.17 Å². The first-order valence-corrected chi connectivity index (χ1v) is 13.3. The quantitative estimate of drug-likeness (QED) is 0.182. The number of amides is 1. The molecule has 2 N–H and O–H groups in total. The van der Waals surface area contributed by atoms with Gasteiger partial charge < -0.3 is 15.4 Å². The molecule has 1 aromatic rings. The summed E-state index contributed by atoms with van der Waals surface area (Å²) in [5.74, 6) is -1.18. The van der Waals surface area contributed by atoms with Gasteiger partial charge in [-0.25, -0.2) is 0 Å². The van der Waals surface area contributed by atoms with Crippen LogP contribution in [0.5, 0.6) is 0 Å². The minimum atomic E-state index is -0.559. The molecule has 204 valence electrons. The largest absolute Gasteiger partial charge is 0.466 e. The summed E-state index contributed by atoms with van der Waals surface area (Å²) in [6, 6.07) is -0.176. The summed E-state index contributed by atoms with van der Waals surface area (Å²) in [7, 11) is 0. The number of ketones is 1. The van der Waals surface area contributed by atoms with Crippen LogP contribution >= 0.6 is 34.8 Å². The van der Waals surface area contributed by atoms with Crippen LogP contribution in [0.4, 0.5) is 0 Å². The van der Waals surface area contributed by atoms with E-state index in [-0.39, 0.29) is 56.9 Å². The molecule has 1 aromatic heterocycles. The normalized spacial score (nSPS) is 20.9. The Labute approximate surface area is 233 Å². The van der Waals surface area contributed by atoms with E-state index in [2.05, 4.69) is 9.98 Å². The van der Waals surface area contributed by atoms with Crippen LogP contribution in [0.2, 0.25) is 10.0 Å². The van der Waals surface area contributed by atoms with Gasteiger partial charge >= 0.3 is 5.97 Å². The van der Waals surface area contributed by atoms with Crippen molar-refractivity contribution in [1.82, 2.24) is 9.88 Å². The van der Waals surface area contributed by atoms with E-state index in [9.17, 15) is 14.4 Å². The predicted molar refractivity (Wildman–Crippen MR) is 147 cm³/mol. The number of rotatable bonds is 9. The maximum absolute atomic E-state index is 13.6. The molecular formula is C26H35Cl3N4O4. The number of halogens is 3. The Morgan fingerprint density at radius 2 is 1.78 bits per heavy atom. The number of carbonyl (C=O) groups excluding carboxylic acids is 3. The van der Waals surface area contributed by atoms with E-state index in [1.54, 1.807) is 6.92 Å². The van der Waals surface area contributed by atoms with Crippen LogP contribution in [-0.2, 0) is 14.3 Å². The zero-order valence-corrected chi connectivity index (χ0v) is 24.2. The maximum Gasteiger partial charge on any atom is 0.311 e. The number of Topliss-reactive ketones (excluding diaryl/α,β-unsaturated/α-hetero) is 1. The number of nitrogens with zero attached hydrogens (tertiary/aromatic N) is 3. The van der Waals surface area contributed by atoms with Crippen LogP contribution in [0.1, 0.15) is 70.7 Å². The molecule has 0 bridgehead atoms. The van der Waals surface area contributed by atoms with E-state index in [0.717, 1.165) is 6.20 Å². The fourth-order valence-electron chi connectivity index (χ4n) is 4.21. The highest BCUT2D eigenvalue weighted by Gasteiger charge is 2.39. The third kappa shape index (κ3) is 8.42. The molecule has 8 nitrogen and oxygen atoms in total. The lowest BCUT2D eigenvalue weighted by Gasteiger charge is -2.34. The number of nitrogens with two attached hydrogens (primary N) is 1. The number of pyridine rings is 1. The molecule has 0 saturated heterocycles. The second kappa shape index (κ2) is 13.1. The number of ether oxygens (including phenoxy) is 1. The lowest BCUT2D eigenvalue weighted by Crippen LogP contribution is -2.43. The van der Waals surface area contributed by atoms with Gasteiger partial charge in [0.15, 0.2) is 5.78 Å². The molecule has 2 rings (SSSR count). The van der Waals surface area contributed by atoms with Gasteiger partial charge in [-0.15, -0.1) is 0 Å². The lowest BCUT2D eigenvalue weighted by molar-refractivity contribution is -0.156. The topological polar surface area (TPSA) is 115 Å². The number of carbonyl (C=O) groups is 3. The molecule has 0 radical (unpaired) electrons. The van der Waals surface area contributed by atoms with E-state index in [1.165, 1.54) is 17.3 Å². The second-order valence-electron chi connectivity index (χ2n) is 10.6. The Balaban J connectivity index is 2.23. The molecular weight excluding hydrogens is 539 g/mol. The Bertz CT molecular complexity index is 1050. The molecule has 1 saturated carbocycles. The van der Waals surface area contributed by atoms with Crippen molar-refractivity contribution in [3.63, 3.8) is 0 Å². The van der Waals surface area contributed by atoms with Crippen LogP contribution in [0.15, 0.2) is 29.2 Å². The van der Waals surface area contributed by atoms with Crippen molar-refractivity contribution in [2.75, 3.05) is 19.7 Å². The monoisotopic (exact) mass is 572 g/mol. The minimum absolute atomic E-state index is 0.00985. The average Bonchev–Trinajstić information content (AvgIpc) is 2.80. The van der Waals surface area contributed by atoms with Gasteiger partial charge in [-0.2, -0.15) is 0 Å². The number of esters is 1. The maximum atomic E-state index is 13.6. The van der Waals surface area contributed by atoms with E-state index < -0.39 is 17.1 Å². The third-order valence-electron chi connectivity index (χ3n) is 6.16. The van der Waals surface area contributed by atoms with Crippen LogP contribution in [0, 0.1) is 10.8 Å². The first kappa shape index (κ1) is 31.1. The van der Waals surface area contributed by atoms with Crippen molar-refractivity contribution in [2.45, 2.75) is 66.3 Å². The van der Waals surface area contributed by atoms with Crippen LogP contribution < -0.4 is 5.73 Å². The highest BCUT2D eigenvalue weighted by molar-refractivity contribution is 6.72. The van der Waals surface area contributed by atoms with Crippen molar-refractivity contribution in [2.24, 2.45) is 21.6 Å². The molecule has 1 fully saturated rings. The lowest BCUT2D eigenvalue weighted by atomic mass is 9.74. The Morgan fingerprint density at radius 3 is 2.27 bits per heavy atom. The smallest absolute Gasteiger partial charge is 0.311 e. The third-order valence-corrected chi connectivity index (χ3v) is 7.04. The summed E-state index contributed by atoms with van der Waals surface area (Å²) in [6.07, 6.45) is 6.16. The van der Waals surface area contributed by atoms with Gasteiger partial charge in [0.05, 0.1) is 45.8 Å². The molecule has 11 heteroatoms. The van der Waals surface area contributed by atoms with E-state index in [4.69, 9.17) is 45.3 Å². The van der Waals surface area contributed by atoms with Crippen molar-refractivity contribution in [3.8, 4) is 0 Å². The molecule has 0 unspecified atom stereocenters. The number of aliphatic imine (C=N–C) groups is 1. The van der Waals surface area contributed by atoms with Gasteiger partial charge in [-0.1, -0.05) is 55.6 Å². The van der Waals surface area contributed by atoms with Gasteiger partial charge in [0.2, 0.25) is 0 Å². The minimum Gasteiger partial charge on any atom is -0.466 e. The van der Waals surface area contributed by atoms with Gasteiger partial charge in [0.25, 0.3) is 5.91 Å². The molecule has 0 atom stereocenters. The average molecular weight is 574 g/mol. The van der Waals surface area contributed by atoms with Crippen molar-refractivity contribution < 1.29 is 19.1 Å². The van der Waals surface area contributed by atoms with Gasteiger partial charge in [0, 0.05) is 25.1 Å². The molecule has 37 heavy (non-hydrogen) atoms. The van der Waals surface area contributed by atoms with Crippen LogP contribution in [0.3, 0.4) is 0 Å². The summed E-state index contributed by atoms with van der Waals surface area (Å²) in [5, 5.41) is 0.160. The fraction of sp³-hybridized carbons (Fsp3) is 0.577. The van der Waals surface area contributed by atoms with Crippen molar-refractivity contribution in [1.29, 1.82) is 0 Å². The Hall–Kier alpha value is -2.16. The summed E-state index contributed by atoms with van der Waals surface area (Å²) < 4.78 is 5.21. The zero-order valence-electron chi connectivity index (χ0n) is 21.9. The summed E-state index contributed by atoms with van der Waals surface area (Å²) in [5.41, 5.74) is 5.00. The first-order chi connectivity index (χ1) is 17.2. The SMILES string of the molecule is CCOC(=O)C1(C)CCC(N=C(Cl)C(=CN)C(=O)N(CC(=O)c2c(Cl)cncc2Cl)CC(C)(C)C)CC1.